The van der Waals surface area contributed by atoms with Gasteiger partial charge in [-0.05, 0) is 24.1 Å². The lowest BCUT2D eigenvalue weighted by Gasteiger charge is -2.07. The van der Waals surface area contributed by atoms with Crippen molar-refractivity contribution in [1.82, 2.24) is 0 Å². The molecule has 86 valence electrons. The van der Waals surface area contributed by atoms with Gasteiger partial charge in [0.05, 0.1) is 24.2 Å². The molecule has 0 saturated heterocycles. The maximum atomic E-state index is 5.24. The van der Waals surface area contributed by atoms with Crippen molar-refractivity contribution in [2.45, 2.75) is 16.4 Å². The first-order chi connectivity index (χ1) is 7.74. The van der Waals surface area contributed by atoms with Crippen molar-refractivity contribution in [3.05, 3.63) is 29.8 Å². The summed E-state index contributed by atoms with van der Waals surface area (Å²) in [5.74, 6) is 1.73. The lowest BCUT2D eigenvalue weighted by atomic mass is 10.1. The van der Waals surface area contributed by atoms with Crippen molar-refractivity contribution in [3.63, 3.8) is 0 Å². The summed E-state index contributed by atoms with van der Waals surface area (Å²) >= 11 is 2.37. The Morgan fingerprint density at radius 3 is 2.38 bits per heavy atom. The summed E-state index contributed by atoms with van der Waals surface area (Å²) in [7, 11) is 3.35. The fraction of sp³-hybridized carbons (Fsp3) is 0.417. The summed E-state index contributed by atoms with van der Waals surface area (Å²) in [4.78, 5) is 4.56. The number of alkyl halides is 1. The van der Waals surface area contributed by atoms with E-state index >= 15 is 0 Å². The minimum atomic E-state index is 0.225. The first-order valence-electron chi connectivity index (χ1n) is 5.14. The second-order valence-electron chi connectivity index (χ2n) is 3.66. The number of nitrogens with zero attached hydrogens (tertiary/aromatic N) is 1. The highest BCUT2D eigenvalue weighted by Crippen LogP contribution is 2.33. The normalized spacial score (nSPS) is 24.1. The lowest BCUT2D eigenvalue weighted by Crippen LogP contribution is -2.09. The Hall–Kier alpha value is -0.780. The Labute approximate surface area is 109 Å². The third-order valence-corrected chi connectivity index (χ3v) is 3.73. The molecule has 1 aromatic rings. The fourth-order valence-electron chi connectivity index (χ4n) is 1.80. The molecule has 0 bridgehead atoms. The molecule has 2 unspecified atom stereocenters. The predicted octanol–water partition coefficient (Wildman–Crippen LogP) is 2.99. The zero-order valence-corrected chi connectivity index (χ0v) is 11.5. The minimum absolute atomic E-state index is 0.225. The summed E-state index contributed by atoms with van der Waals surface area (Å²) in [5, 5.41) is 0. The second kappa shape index (κ2) is 5.03. The summed E-state index contributed by atoms with van der Waals surface area (Å²) in [5.41, 5.74) is 1.22. The van der Waals surface area contributed by atoms with Gasteiger partial charge < -0.3 is 9.47 Å². The predicted molar refractivity (Wildman–Crippen MR) is 72.6 cm³/mol. The Morgan fingerprint density at radius 1 is 1.19 bits per heavy atom. The Bertz CT molecular complexity index is 389. The first kappa shape index (κ1) is 11.7. The van der Waals surface area contributed by atoms with Crippen molar-refractivity contribution < 1.29 is 9.47 Å². The van der Waals surface area contributed by atoms with Gasteiger partial charge in [-0.15, -0.1) is 0 Å². The highest BCUT2D eigenvalue weighted by Gasteiger charge is 2.27. The Morgan fingerprint density at radius 2 is 1.88 bits per heavy atom. The van der Waals surface area contributed by atoms with Crippen LogP contribution in [0.1, 0.15) is 18.0 Å². The quantitative estimate of drug-likeness (QED) is 0.616. The van der Waals surface area contributed by atoms with Crippen molar-refractivity contribution in [2.24, 2.45) is 4.99 Å². The third kappa shape index (κ3) is 2.31. The number of ether oxygens (including phenoxy) is 2. The van der Waals surface area contributed by atoms with E-state index in [1.165, 1.54) is 5.56 Å². The van der Waals surface area contributed by atoms with Crippen molar-refractivity contribution in [3.8, 4) is 5.75 Å². The van der Waals surface area contributed by atoms with Gasteiger partial charge in [0.25, 0.3) is 0 Å². The van der Waals surface area contributed by atoms with Crippen LogP contribution in [0.25, 0.3) is 0 Å². The molecule has 0 aromatic heterocycles. The van der Waals surface area contributed by atoms with Crippen LogP contribution in [0, 0.1) is 0 Å². The molecule has 0 radical (unpaired) electrons. The summed E-state index contributed by atoms with van der Waals surface area (Å²) < 4.78 is 10.8. The van der Waals surface area contributed by atoms with Gasteiger partial charge in [0.2, 0.25) is 0 Å². The molecule has 1 aliphatic rings. The lowest BCUT2D eigenvalue weighted by molar-refractivity contribution is 0.397. The van der Waals surface area contributed by atoms with Gasteiger partial charge in [0, 0.05) is 0 Å². The van der Waals surface area contributed by atoms with Crippen LogP contribution in [-0.2, 0) is 4.74 Å². The number of halogens is 1. The zero-order valence-electron chi connectivity index (χ0n) is 9.31. The average molecular weight is 331 g/mol. The van der Waals surface area contributed by atoms with Gasteiger partial charge >= 0.3 is 0 Å². The molecule has 3 nitrogen and oxygen atoms in total. The monoisotopic (exact) mass is 331 g/mol. The number of methoxy groups -OCH3 is 2. The van der Waals surface area contributed by atoms with Gasteiger partial charge in [-0.25, -0.2) is 4.99 Å². The van der Waals surface area contributed by atoms with E-state index in [-0.39, 0.29) is 6.04 Å². The summed E-state index contributed by atoms with van der Waals surface area (Å²) in [6, 6.07) is 8.29. The van der Waals surface area contributed by atoms with Crippen LogP contribution in [0.4, 0.5) is 0 Å². The molecule has 0 fully saturated rings. The number of hydrogen-bond acceptors (Lipinski definition) is 3. The van der Waals surface area contributed by atoms with E-state index in [0.717, 1.165) is 18.1 Å². The molecule has 2 rings (SSSR count). The topological polar surface area (TPSA) is 30.8 Å². The van der Waals surface area contributed by atoms with Crippen LogP contribution >= 0.6 is 22.6 Å². The van der Waals surface area contributed by atoms with Crippen LogP contribution in [-0.4, -0.2) is 24.0 Å². The molecular weight excluding hydrogens is 317 g/mol. The van der Waals surface area contributed by atoms with Gasteiger partial charge in [-0.1, -0.05) is 34.7 Å². The third-order valence-electron chi connectivity index (χ3n) is 2.69. The van der Waals surface area contributed by atoms with Crippen LogP contribution in [0.2, 0.25) is 0 Å². The zero-order chi connectivity index (χ0) is 11.5. The molecule has 0 spiro atoms. The molecule has 0 aliphatic carbocycles. The smallest absolute Gasteiger partial charge is 0.196 e. The number of benzene rings is 1. The SMILES string of the molecule is COC1=NC(c2ccc(OC)cc2)CC1I. The second-order valence-corrected chi connectivity index (χ2v) is 5.17. The molecule has 0 amide bonds. The van der Waals surface area contributed by atoms with Gasteiger partial charge in [0.1, 0.15) is 5.75 Å². The molecule has 0 saturated carbocycles. The number of hydrogen-bond donors (Lipinski definition) is 0. The van der Waals surface area contributed by atoms with Gasteiger partial charge in [-0.3, -0.25) is 0 Å². The van der Waals surface area contributed by atoms with Gasteiger partial charge in [-0.2, -0.15) is 0 Å². The molecule has 16 heavy (non-hydrogen) atoms. The molecule has 2 atom stereocenters. The van der Waals surface area contributed by atoms with Crippen molar-refractivity contribution >= 4 is 28.5 Å². The van der Waals surface area contributed by atoms with E-state index in [4.69, 9.17) is 9.47 Å². The molecule has 1 heterocycles. The van der Waals surface area contributed by atoms with E-state index in [0.29, 0.717) is 3.92 Å². The largest absolute Gasteiger partial charge is 0.497 e. The van der Waals surface area contributed by atoms with E-state index in [2.05, 4.69) is 39.7 Å². The van der Waals surface area contributed by atoms with Crippen LogP contribution in [0.5, 0.6) is 5.75 Å². The molecule has 4 heteroatoms. The number of rotatable bonds is 2. The fourth-order valence-corrected chi connectivity index (χ4v) is 2.70. The van der Waals surface area contributed by atoms with E-state index in [1.807, 2.05) is 12.1 Å². The summed E-state index contributed by atoms with van der Waals surface area (Å²) in [6.07, 6.45) is 1.01. The number of aliphatic imine (C=N–C) groups is 1. The maximum Gasteiger partial charge on any atom is 0.196 e. The Kier molecular flexibility index (Phi) is 3.68. The van der Waals surface area contributed by atoms with Crippen LogP contribution in [0.3, 0.4) is 0 Å². The van der Waals surface area contributed by atoms with E-state index in [9.17, 15) is 0 Å². The molecular formula is C12H14INO2. The highest BCUT2D eigenvalue weighted by molar-refractivity contribution is 14.1. The molecule has 1 aliphatic heterocycles. The van der Waals surface area contributed by atoms with E-state index in [1.54, 1.807) is 14.2 Å². The first-order valence-corrected chi connectivity index (χ1v) is 6.39. The maximum absolute atomic E-state index is 5.24. The average Bonchev–Trinajstić information content (AvgIpc) is 2.71. The van der Waals surface area contributed by atoms with Crippen molar-refractivity contribution in [2.75, 3.05) is 14.2 Å². The standard InChI is InChI=1S/C12H14INO2/c1-15-9-5-3-8(4-6-9)11-7-10(13)12(14-11)16-2/h3-6,10-11H,7H2,1-2H3. The highest BCUT2D eigenvalue weighted by atomic mass is 127. The summed E-state index contributed by atoms with van der Waals surface area (Å²) in [6.45, 7) is 0. The van der Waals surface area contributed by atoms with Crippen LogP contribution in [0.15, 0.2) is 29.3 Å². The van der Waals surface area contributed by atoms with Gasteiger partial charge in [0.15, 0.2) is 5.90 Å². The molecule has 0 N–H and O–H groups in total. The Balaban J connectivity index is 2.16. The van der Waals surface area contributed by atoms with E-state index < -0.39 is 0 Å². The molecule has 1 aromatic carbocycles. The minimum Gasteiger partial charge on any atom is -0.497 e. The van der Waals surface area contributed by atoms with Crippen LogP contribution < -0.4 is 4.74 Å². The van der Waals surface area contributed by atoms with Crippen molar-refractivity contribution in [1.29, 1.82) is 0 Å².